The highest BCUT2D eigenvalue weighted by molar-refractivity contribution is 5.46. The van der Waals surface area contributed by atoms with Crippen LogP contribution in [-0.2, 0) is 6.54 Å². The van der Waals surface area contributed by atoms with Gasteiger partial charge in [-0.2, -0.15) is 0 Å². The first-order valence-corrected chi connectivity index (χ1v) is 8.62. The fraction of sp³-hybridized carbons (Fsp3) is 0.722. The van der Waals surface area contributed by atoms with Crippen LogP contribution in [-0.4, -0.2) is 24.6 Å². The Morgan fingerprint density at radius 1 is 1.33 bits per heavy atom. The number of hydrogen-bond acceptors (Lipinski definition) is 3. The average Bonchev–Trinajstić information content (AvgIpc) is 2.74. The van der Waals surface area contributed by atoms with Crippen molar-refractivity contribution in [1.82, 2.24) is 10.3 Å². The van der Waals surface area contributed by atoms with E-state index in [-0.39, 0.29) is 0 Å². The van der Waals surface area contributed by atoms with Crippen LogP contribution in [0.25, 0.3) is 0 Å². The van der Waals surface area contributed by atoms with Gasteiger partial charge >= 0.3 is 0 Å². The average molecular weight is 289 g/mol. The minimum Gasteiger partial charge on any atom is -0.356 e. The van der Waals surface area contributed by atoms with Crippen molar-refractivity contribution in [2.45, 2.75) is 53.0 Å². The van der Waals surface area contributed by atoms with E-state index in [9.17, 15) is 0 Å². The maximum Gasteiger partial charge on any atom is 0.133 e. The van der Waals surface area contributed by atoms with Gasteiger partial charge in [-0.1, -0.05) is 26.8 Å². The van der Waals surface area contributed by atoms with Crippen molar-refractivity contribution in [3.05, 3.63) is 23.9 Å². The second kappa shape index (κ2) is 8.38. The van der Waals surface area contributed by atoms with Crippen LogP contribution >= 0.6 is 0 Å². The first kappa shape index (κ1) is 16.3. The van der Waals surface area contributed by atoms with E-state index in [2.05, 4.69) is 48.1 Å². The number of nitrogens with one attached hydrogen (secondary N) is 1. The number of aromatic nitrogens is 1. The molecule has 3 heteroatoms. The Morgan fingerprint density at radius 3 is 2.95 bits per heavy atom. The van der Waals surface area contributed by atoms with Crippen molar-refractivity contribution in [3.63, 3.8) is 0 Å². The Kier molecular flexibility index (Phi) is 6.50. The molecule has 0 aliphatic carbocycles. The molecule has 0 radical (unpaired) electrons. The van der Waals surface area contributed by atoms with Crippen LogP contribution in [0.5, 0.6) is 0 Å². The van der Waals surface area contributed by atoms with Gasteiger partial charge in [-0.15, -0.1) is 0 Å². The summed E-state index contributed by atoms with van der Waals surface area (Å²) in [5.41, 5.74) is 1.34. The lowest BCUT2D eigenvalue weighted by Gasteiger charge is -2.25. The molecule has 3 nitrogen and oxygen atoms in total. The molecule has 0 bridgehead atoms. The van der Waals surface area contributed by atoms with Crippen molar-refractivity contribution in [1.29, 1.82) is 0 Å². The van der Waals surface area contributed by atoms with Gasteiger partial charge in [0.1, 0.15) is 5.82 Å². The van der Waals surface area contributed by atoms with Crippen molar-refractivity contribution >= 4 is 5.82 Å². The largest absolute Gasteiger partial charge is 0.356 e. The molecule has 1 aromatic heterocycles. The van der Waals surface area contributed by atoms with Crippen LogP contribution in [0.2, 0.25) is 0 Å². The quantitative estimate of drug-likeness (QED) is 0.806. The summed E-state index contributed by atoms with van der Waals surface area (Å²) in [6.07, 6.45) is 7.07. The van der Waals surface area contributed by atoms with Crippen LogP contribution in [0.1, 0.15) is 52.0 Å². The summed E-state index contributed by atoms with van der Waals surface area (Å²) in [6.45, 7) is 11.2. The fourth-order valence-corrected chi connectivity index (χ4v) is 3.25. The molecule has 1 aliphatic rings. The fourth-order valence-electron chi connectivity index (χ4n) is 3.25. The highest BCUT2D eigenvalue weighted by Gasteiger charge is 2.21. The summed E-state index contributed by atoms with van der Waals surface area (Å²) >= 11 is 0. The number of anilines is 1. The smallest absolute Gasteiger partial charge is 0.133 e. The SMILES string of the molecule is CCCNCc1cccnc1N1CCCC(C(C)C)CC1. The Balaban J connectivity index is 2.03. The molecular weight excluding hydrogens is 258 g/mol. The van der Waals surface area contributed by atoms with E-state index in [1.165, 1.54) is 37.1 Å². The number of nitrogens with zero attached hydrogens (tertiary/aromatic N) is 2. The molecule has 0 aromatic carbocycles. The molecule has 1 N–H and O–H groups in total. The highest BCUT2D eigenvalue weighted by Crippen LogP contribution is 2.27. The standard InChI is InChI=1S/C18H31N3/c1-4-10-19-14-17-7-5-11-20-18(17)21-12-6-8-16(9-13-21)15(2)3/h5,7,11,15-16,19H,4,6,8-10,12-14H2,1-3H3. The molecule has 1 atom stereocenters. The van der Waals surface area contributed by atoms with Gasteiger partial charge in [-0.05, 0) is 50.1 Å². The number of hydrogen-bond donors (Lipinski definition) is 1. The Labute approximate surface area is 130 Å². The molecule has 21 heavy (non-hydrogen) atoms. The lowest BCUT2D eigenvalue weighted by Crippen LogP contribution is -2.28. The molecule has 2 rings (SSSR count). The first-order chi connectivity index (χ1) is 10.2. The molecule has 118 valence electrons. The molecule has 1 saturated heterocycles. The third-order valence-corrected chi connectivity index (χ3v) is 4.62. The third kappa shape index (κ3) is 4.70. The lowest BCUT2D eigenvalue weighted by molar-refractivity contribution is 0.351. The molecule has 1 fully saturated rings. The van der Waals surface area contributed by atoms with Gasteiger partial charge in [0, 0.05) is 31.4 Å². The first-order valence-electron chi connectivity index (χ1n) is 8.62. The van der Waals surface area contributed by atoms with Gasteiger partial charge in [0.2, 0.25) is 0 Å². The second-order valence-corrected chi connectivity index (χ2v) is 6.58. The second-order valence-electron chi connectivity index (χ2n) is 6.58. The molecule has 1 aromatic rings. The molecule has 0 amide bonds. The van der Waals surface area contributed by atoms with E-state index < -0.39 is 0 Å². The van der Waals surface area contributed by atoms with Gasteiger partial charge in [0.15, 0.2) is 0 Å². The predicted octanol–water partition coefficient (Wildman–Crippen LogP) is 3.84. The van der Waals surface area contributed by atoms with Crippen LogP contribution in [0, 0.1) is 11.8 Å². The van der Waals surface area contributed by atoms with Crippen LogP contribution in [0.3, 0.4) is 0 Å². The summed E-state index contributed by atoms with van der Waals surface area (Å²) in [4.78, 5) is 7.18. The van der Waals surface area contributed by atoms with E-state index in [1.54, 1.807) is 0 Å². The van der Waals surface area contributed by atoms with Gasteiger partial charge < -0.3 is 10.2 Å². The number of pyridine rings is 1. The Hall–Kier alpha value is -1.09. The van der Waals surface area contributed by atoms with E-state index in [0.29, 0.717) is 0 Å². The summed E-state index contributed by atoms with van der Waals surface area (Å²) in [7, 11) is 0. The molecule has 2 heterocycles. The molecule has 0 spiro atoms. The molecule has 1 aliphatic heterocycles. The highest BCUT2D eigenvalue weighted by atomic mass is 15.2. The topological polar surface area (TPSA) is 28.2 Å². The molecular formula is C18H31N3. The van der Waals surface area contributed by atoms with Crippen LogP contribution in [0.4, 0.5) is 5.82 Å². The van der Waals surface area contributed by atoms with Crippen molar-refractivity contribution in [3.8, 4) is 0 Å². The zero-order chi connectivity index (χ0) is 15.1. The zero-order valence-corrected chi connectivity index (χ0v) is 13.9. The van der Waals surface area contributed by atoms with Crippen LogP contribution < -0.4 is 10.2 Å². The van der Waals surface area contributed by atoms with Gasteiger partial charge in [-0.3, -0.25) is 0 Å². The normalized spacial score (nSPS) is 19.8. The maximum absolute atomic E-state index is 4.68. The Bertz CT molecular complexity index is 417. The predicted molar refractivity (Wildman–Crippen MR) is 90.6 cm³/mol. The Morgan fingerprint density at radius 2 is 2.19 bits per heavy atom. The van der Waals surface area contributed by atoms with Gasteiger partial charge in [0.05, 0.1) is 0 Å². The maximum atomic E-state index is 4.68. The van der Waals surface area contributed by atoms with E-state index in [0.717, 1.165) is 38.0 Å². The van der Waals surface area contributed by atoms with E-state index >= 15 is 0 Å². The molecule has 1 unspecified atom stereocenters. The summed E-state index contributed by atoms with van der Waals surface area (Å²) in [5, 5.41) is 3.51. The summed E-state index contributed by atoms with van der Waals surface area (Å²) in [5.74, 6) is 2.88. The monoisotopic (exact) mass is 289 g/mol. The van der Waals surface area contributed by atoms with Gasteiger partial charge in [0.25, 0.3) is 0 Å². The molecule has 0 saturated carbocycles. The zero-order valence-electron chi connectivity index (χ0n) is 13.9. The van der Waals surface area contributed by atoms with Crippen LogP contribution in [0.15, 0.2) is 18.3 Å². The third-order valence-electron chi connectivity index (χ3n) is 4.62. The summed E-state index contributed by atoms with van der Waals surface area (Å²) < 4.78 is 0. The minimum atomic E-state index is 0.805. The lowest BCUT2D eigenvalue weighted by atomic mass is 9.89. The van der Waals surface area contributed by atoms with Crippen molar-refractivity contribution in [2.24, 2.45) is 11.8 Å². The van der Waals surface area contributed by atoms with E-state index in [4.69, 9.17) is 0 Å². The number of rotatable bonds is 6. The van der Waals surface area contributed by atoms with Crippen molar-refractivity contribution < 1.29 is 0 Å². The summed E-state index contributed by atoms with van der Waals surface area (Å²) in [6, 6.07) is 4.27. The van der Waals surface area contributed by atoms with E-state index in [1.807, 2.05) is 6.20 Å². The van der Waals surface area contributed by atoms with Gasteiger partial charge in [-0.25, -0.2) is 4.98 Å². The van der Waals surface area contributed by atoms with Crippen molar-refractivity contribution in [2.75, 3.05) is 24.5 Å². The minimum absolute atomic E-state index is 0.805.